The normalized spacial score (nSPS) is 9.76. The fourth-order valence-corrected chi connectivity index (χ4v) is 1.64. The molecule has 1 aromatic carbocycles. The minimum Gasteiger partial charge on any atom is -0.480 e. The maximum absolute atomic E-state index is 11.1. The number of hydrogen-bond acceptors (Lipinski definition) is 4. The number of aromatic carboxylic acids is 1. The Morgan fingerprint density at radius 2 is 2.12 bits per heavy atom. The van der Waals surface area contributed by atoms with Crippen LogP contribution in [0.1, 0.15) is 17.3 Å². The number of esters is 1. The lowest BCUT2D eigenvalue weighted by atomic mass is 10.2. The summed E-state index contributed by atoms with van der Waals surface area (Å²) in [7, 11) is 0. The van der Waals surface area contributed by atoms with Gasteiger partial charge in [0.25, 0.3) is 0 Å². The van der Waals surface area contributed by atoms with Gasteiger partial charge in [0.05, 0.1) is 11.1 Å². The summed E-state index contributed by atoms with van der Waals surface area (Å²) in [5, 5.41) is 8.94. The van der Waals surface area contributed by atoms with Gasteiger partial charge in [0.2, 0.25) is 0 Å². The number of halogens is 1. The molecule has 0 fully saturated rings. The molecule has 0 spiro atoms. The van der Waals surface area contributed by atoms with Crippen molar-refractivity contribution in [1.82, 2.24) is 0 Å². The molecule has 0 heterocycles. The van der Waals surface area contributed by atoms with E-state index in [0.717, 1.165) is 0 Å². The minimum atomic E-state index is -1.12. The van der Waals surface area contributed by atoms with Crippen LogP contribution in [0.5, 0.6) is 5.75 Å². The number of carbonyl (C=O) groups is 2. The summed E-state index contributed by atoms with van der Waals surface area (Å²) in [6, 6.07) is 4.60. The maximum Gasteiger partial charge on any atom is 0.344 e. The highest BCUT2D eigenvalue weighted by Gasteiger charge is 2.15. The van der Waals surface area contributed by atoms with Crippen LogP contribution in [0.2, 0.25) is 0 Å². The Morgan fingerprint density at radius 1 is 1.41 bits per heavy atom. The predicted octanol–water partition coefficient (Wildman–Crippen LogP) is 2.09. The van der Waals surface area contributed by atoms with Crippen LogP contribution >= 0.6 is 15.9 Å². The molecule has 0 radical (unpaired) electrons. The van der Waals surface area contributed by atoms with E-state index in [0.29, 0.717) is 4.47 Å². The standard InChI is InChI=1S/C11H11BrO5/c1-2-16-9(13)6-17-10-7(11(14)15)4-3-5-8(10)12/h3-5H,2,6H2,1H3,(H,14,15). The highest BCUT2D eigenvalue weighted by atomic mass is 79.9. The van der Waals surface area contributed by atoms with Gasteiger partial charge in [0.1, 0.15) is 11.3 Å². The van der Waals surface area contributed by atoms with E-state index in [4.69, 9.17) is 9.84 Å². The SMILES string of the molecule is CCOC(=O)COc1c(Br)cccc1C(=O)O. The number of carboxylic acid groups (broad SMARTS) is 1. The fraction of sp³-hybridized carbons (Fsp3) is 0.273. The van der Waals surface area contributed by atoms with Crippen LogP contribution in [-0.2, 0) is 9.53 Å². The van der Waals surface area contributed by atoms with Crippen molar-refractivity contribution >= 4 is 27.9 Å². The smallest absolute Gasteiger partial charge is 0.344 e. The Kier molecular flexibility index (Phi) is 4.96. The largest absolute Gasteiger partial charge is 0.480 e. The molecule has 1 rings (SSSR count). The molecule has 0 unspecified atom stereocenters. The van der Waals surface area contributed by atoms with Crippen molar-refractivity contribution in [3.8, 4) is 5.75 Å². The van der Waals surface area contributed by atoms with E-state index in [-0.39, 0.29) is 24.5 Å². The number of carbonyl (C=O) groups excluding carboxylic acids is 1. The van der Waals surface area contributed by atoms with Gasteiger partial charge < -0.3 is 14.6 Å². The third-order valence-corrected chi connectivity index (χ3v) is 2.46. The molecule has 0 aromatic heterocycles. The molecule has 0 aliphatic rings. The molecular formula is C11H11BrO5. The van der Waals surface area contributed by atoms with Gasteiger partial charge in [-0.15, -0.1) is 0 Å². The molecule has 6 heteroatoms. The van der Waals surface area contributed by atoms with E-state index in [1.165, 1.54) is 6.07 Å². The number of hydrogen-bond donors (Lipinski definition) is 1. The molecule has 0 saturated heterocycles. The van der Waals surface area contributed by atoms with Crippen LogP contribution in [0.25, 0.3) is 0 Å². The number of benzene rings is 1. The van der Waals surface area contributed by atoms with Crippen LogP contribution in [-0.4, -0.2) is 30.3 Å². The molecule has 1 aromatic rings. The van der Waals surface area contributed by atoms with Crippen molar-refractivity contribution in [3.63, 3.8) is 0 Å². The lowest BCUT2D eigenvalue weighted by Gasteiger charge is -2.10. The van der Waals surface area contributed by atoms with E-state index >= 15 is 0 Å². The highest BCUT2D eigenvalue weighted by molar-refractivity contribution is 9.10. The summed E-state index contributed by atoms with van der Waals surface area (Å²) in [5.41, 5.74) is -0.0105. The van der Waals surface area contributed by atoms with Crippen molar-refractivity contribution in [2.24, 2.45) is 0 Å². The zero-order valence-electron chi connectivity index (χ0n) is 9.10. The minimum absolute atomic E-state index is 0.0105. The molecule has 5 nitrogen and oxygen atoms in total. The van der Waals surface area contributed by atoms with Gasteiger partial charge in [0, 0.05) is 0 Å². The van der Waals surface area contributed by atoms with Gasteiger partial charge in [-0.05, 0) is 35.0 Å². The van der Waals surface area contributed by atoms with Crippen molar-refractivity contribution < 1.29 is 24.2 Å². The molecule has 92 valence electrons. The lowest BCUT2D eigenvalue weighted by Crippen LogP contribution is -2.16. The van der Waals surface area contributed by atoms with Crippen molar-refractivity contribution in [1.29, 1.82) is 0 Å². The Bertz CT molecular complexity index is 430. The van der Waals surface area contributed by atoms with Crippen LogP contribution in [0.15, 0.2) is 22.7 Å². The zero-order valence-corrected chi connectivity index (χ0v) is 10.7. The van der Waals surface area contributed by atoms with Gasteiger partial charge in [-0.2, -0.15) is 0 Å². The van der Waals surface area contributed by atoms with E-state index in [9.17, 15) is 9.59 Å². The van der Waals surface area contributed by atoms with Crippen LogP contribution in [0.3, 0.4) is 0 Å². The number of carboxylic acids is 1. The van der Waals surface area contributed by atoms with E-state index in [1.54, 1.807) is 19.1 Å². The summed E-state index contributed by atoms with van der Waals surface area (Å²) in [5.74, 6) is -1.54. The zero-order chi connectivity index (χ0) is 12.8. The molecule has 0 aliphatic heterocycles. The number of para-hydroxylation sites is 1. The second-order valence-corrected chi connectivity index (χ2v) is 3.87. The molecule has 17 heavy (non-hydrogen) atoms. The highest BCUT2D eigenvalue weighted by Crippen LogP contribution is 2.29. The van der Waals surface area contributed by atoms with Gasteiger partial charge >= 0.3 is 11.9 Å². The predicted molar refractivity (Wildman–Crippen MR) is 63.2 cm³/mol. The number of rotatable bonds is 5. The second kappa shape index (κ2) is 6.24. The van der Waals surface area contributed by atoms with Gasteiger partial charge in [-0.3, -0.25) is 0 Å². The first-order chi connectivity index (χ1) is 8.06. The Balaban J connectivity index is 2.82. The topological polar surface area (TPSA) is 72.8 Å². The van der Waals surface area contributed by atoms with Gasteiger partial charge in [-0.25, -0.2) is 9.59 Å². The Morgan fingerprint density at radius 3 is 2.71 bits per heavy atom. The van der Waals surface area contributed by atoms with E-state index in [2.05, 4.69) is 20.7 Å². The molecule has 0 bridgehead atoms. The first-order valence-corrected chi connectivity index (χ1v) is 5.65. The third-order valence-electron chi connectivity index (χ3n) is 1.84. The van der Waals surface area contributed by atoms with Crippen molar-refractivity contribution in [3.05, 3.63) is 28.2 Å². The average Bonchev–Trinajstić information content (AvgIpc) is 2.27. The first-order valence-electron chi connectivity index (χ1n) is 4.86. The molecule has 0 amide bonds. The molecule has 0 saturated carbocycles. The Labute approximate surface area is 106 Å². The lowest BCUT2D eigenvalue weighted by molar-refractivity contribution is -0.145. The second-order valence-electron chi connectivity index (χ2n) is 3.02. The summed E-state index contributed by atoms with van der Waals surface area (Å²) in [6.07, 6.45) is 0. The maximum atomic E-state index is 11.1. The fourth-order valence-electron chi connectivity index (χ4n) is 1.16. The molecule has 1 N–H and O–H groups in total. The third kappa shape index (κ3) is 3.74. The summed E-state index contributed by atoms with van der Waals surface area (Å²) >= 11 is 3.16. The number of ether oxygens (including phenoxy) is 2. The van der Waals surface area contributed by atoms with Gasteiger partial charge in [0.15, 0.2) is 6.61 Å². The van der Waals surface area contributed by atoms with Crippen molar-refractivity contribution in [2.45, 2.75) is 6.92 Å². The quantitative estimate of drug-likeness (QED) is 0.843. The molecular weight excluding hydrogens is 292 g/mol. The molecule has 0 aliphatic carbocycles. The first kappa shape index (κ1) is 13.5. The monoisotopic (exact) mass is 302 g/mol. The van der Waals surface area contributed by atoms with E-state index in [1.807, 2.05) is 0 Å². The van der Waals surface area contributed by atoms with Crippen LogP contribution < -0.4 is 4.74 Å². The summed E-state index contributed by atoms with van der Waals surface area (Å²) in [4.78, 5) is 22.0. The Hall–Kier alpha value is -1.56. The van der Waals surface area contributed by atoms with Crippen LogP contribution in [0, 0.1) is 0 Å². The summed E-state index contributed by atoms with van der Waals surface area (Å²) in [6.45, 7) is 1.61. The average molecular weight is 303 g/mol. The van der Waals surface area contributed by atoms with E-state index < -0.39 is 11.9 Å². The van der Waals surface area contributed by atoms with Crippen LogP contribution in [0.4, 0.5) is 0 Å². The summed E-state index contributed by atoms with van der Waals surface area (Å²) < 4.78 is 10.3. The molecule has 0 atom stereocenters. The van der Waals surface area contributed by atoms with Gasteiger partial charge in [-0.1, -0.05) is 6.07 Å². The van der Waals surface area contributed by atoms with Crippen molar-refractivity contribution in [2.75, 3.05) is 13.2 Å².